The van der Waals surface area contributed by atoms with Crippen LogP contribution in [0.3, 0.4) is 0 Å². The van der Waals surface area contributed by atoms with E-state index in [0.29, 0.717) is 0 Å². The molecule has 0 aromatic carbocycles. The molecule has 0 unspecified atom stereocenters. The van der Waals surface area contributed by atoms with Crippen molar-refractivity contribution in [1.29, 1.82) is 0 Å². The first-order chi connectivity index (χ1) is 1.41. The fourth-order valence-corrected chi connectivity index (χ4v) is 0. The maximum atomic E-state index is 4.26. The van der Waals surface area contributed by atoms with Crippen LogP contribution in [0.2, 0.25) is 0 Å². The van der Waals surface area contributed by atoms with Gasteiger partial charge in [0, 0.05) is 0 Å². The molecule has 0 rings (SSSR count). The lowest BCUT2D eigenvalue weighted by Crippen LogP contribution is -1.15. The van der Waals surface area contributed by atoms with E-state index in [9.17, 15) is 0 Å². The standard InChI is InChI=1S/Al.Cl2O.H2O.3H/c;1-3-2;;;;/h;;1H2;;;. The largest absolute Gasteiger partial charge is 0.412 e. The van der Waals surface area contributed by atoms with Gasteiger partial charge < -0.3 is 5.48 Å². The first-order valence-electron chi connectivity index (χ1n) is 0.309. The average Bonchev–Trinajstić information content (AvgIpc) is 0.918. The topological polar surface area (TPSA) is 40.7 Å². The Kier molecular flexibility index (Phi) is 65.8. The summed E-state index contributed by atoms with van der Waals surface area (Å²) >= 11 is 8.53. The van der Waals surface area contributed by atoms with Crippen molar-refractivity contribution < 1.29 is 9.32 Å². The number of hydrogen-bond acceptors (Lipinski definition) is 1. The zero-order chi connectivity index (χ0) is 2.71. The molecule has 0 aliphatic heterocycles. The van der Waals surface area contributed by atoms with Crippen molar-refractivity contribution in [2.45, 2.75) is 0 Å². The summed E-state index contributed by atoms with van der Waals surface area (Å²) in [6.45, 7) is 0. The molecule has 5 heavy (non-hydrogen) atoms. The third-order valence-corrected chi connectivity index (χ3v) is 0. The Balaban J connectivity index is -0.0000000200. The Morgan fingerprint density at radius 2 is 1.20 bits per heavy atom. The van der Waals surface area contributed by atoms with Crippen LogP contribution in [-0.4, -0.2) is 22.8 Å². The van der Waals surface area contributed by atoms with Gasteiger partial charge >= 0.3 is 0 Å². The predicted molar refractivity (Wildman–Crippen MR) is 26.3 cm³/mol. The van der Waals surface area contributed by atoms with E-state index >= 15 is 0 Å². The van der Waals surface area contributed by atoms with Gasteiger partial charge in [0.15, 0.2) is 17.4 Å². The van der Waals surface area contributed by atoms with E-state index in [1.165, 1.54) is 0 Å². The highest BCUT2D eigenvalue weighted by Gasteiger charge is 1.38. The lowest BCUT2D eigenvalue weighted by molar-refractivity contribution is 0.697. The molecule has 2 nitrogen and oxygen atoms in total. The van der Waals surface area contributed by atoms with E-state index in [1.807, 2.05) is 0 Å². The van der Waals surface area contributed by atoms with Crippen LogP contribution in [0.4, 0.5) is 0 Å². The summed E-state index contributed by atoms with van der Waals surface area (Å²) in [5, 5.41) is 0. The molecule has 0 spiro atoms. The van der Waals surface area contributed by atoms with Crippen molar-refractivity contribution >= 4 is 41.1 Å². The van der Waals surface area contributed by atoms with Gasteiger partial charge in [-0.2, -0.15) is 3.84 Å². The van der Waals surface area contributed by atoms with Crippen LogP contribution >= 0.6 is 23.7 Å². The normalized spacial score (nSPS) is 3.60. The molecule has 0 aliphatic rings. The molecule has 0 atom stereocenters. The fourth-order valence-electron chi connectivity index (χ4n) is 0. The molecule has 0 aromatic heterocycles. The molecule has 0 heterocycles. The SMILES string of the molecule is ClOCl.O.[AlH3]. The van der Waals surface area contributed by atoms with Gasteiger partial charge in [0.05, 0.1) is 23.7 Å². The fraction of sp³-hybridized carbons (Fsp3) is 0. The maximum absolute atomic E-state index is 4.26. The third kappa shape index (κ3) is 43.4. The van der Waals surface area contributed by atoms with Crippen LogP contribution in [0.25, 0.3) is 0 Å². The Labute approximate surface area is 50.8 Å². The van der Waals surface area contributed by atoms with E-state index in [1.54, 1.807) is 0 Å². The highest BCUT2D eigenvalue weighted by Crippen LogP contribution is 1.78. The summed E-state index contributed by atoms with van der Waals surface area (Å²) in [5.41, 5.74) is 0. The summed E-state index contributed by atoms with van der Waals surface area (Å²) < 4.78 is 3.19. The van der Waals surface area contributed by atoms with Crippen molar-refractivity contribution in [2.75, 3.05) is 0 Å². The van der Waals surface area contributed by atoms with E-state index in [0.717, 1.165) is 0 Å². The molecule has 0 amide bonds. The monoisotopic (exact) mass is 134 g/mol. The first-order valence-corrected chi connectivity index (χ1v) is 0.926. The van der Waals surface area contributed by atoms with Crippen molar-refractivity contribution in [3.8, 4) is 0 Å². The number of hydrogen-bond donors (Lipinski definition) is 0. The van der Waals surface area contributed by atoms with Gasteiger partial charge in [-0.3, -0.25) is 0 Å². The molecule has 2 N–H and O–H groups in total. The minimum absolute atomic E-state index is 0. The van der Waals surface area contributed by atoms with Crippen LogP contribution in [0.1, 0.15) is 0 Å². The molecule has 34 valence electrons. The molecule has 5 heteroatoms. The van der Waals surface area contributed by atoms with Gasteiger partial charge in [-0.05, 0) is 0 Å². The Bertz CT molecular complexity index is 7.61. The van der Waals surface area contributed by atoms with Gasteiger partial charge in [0.2, 0.25) is 0 Å². The molecule has 0 saturated carbocycles. The van der Waals surface area contributed by atoms with Gasteiger partial charge in [0.1, 0.15) is 0 Å². The minimum Gasteiger partial charge on any atom is -0.412 e. The second-order valence-electron chi connectivity index (χ2n) is 0.0583. The van der Waals surface area contributed by atoms with E-state index in [2.05, 4.69) is 27.6 Å². The van der Waals surface area contributed by atoms with Crippen molar-refractivity contribution in [3.63, 3.8) is 0 Å². The van der Waals surface area contributed by atoms with E-state index in [4.69, 9.17) is 0 Å². The predicted octanol–water partition coefficient (Wildman–Crippen LogP) is -0.698. The molecule has 0 bridgehead atoms. The van der Waals surface area contributed by atoms with Crippen LogP contribution < -0.4 is 0 Å². The lowest BCUT2D eigenvalue weighted by atomic mass is 15.9. The highest BCUT2D eigenvalue weighted by molar-refractivity contribution is 6.24. The molecule has 0 aliphatic carbocycles. The first kappa shape index (κ1) is 16.6. The molecular weight excluding hydrogens is 130 g/mol. The zero-order valence-electron chi connectivity index (χ0n) is 1.66. The Hall–Kier alpha value is 1.03. The average molecular weight is 135 g/mol. The summed E-state index contributed by atoms with van der Waals surface area (Å²) in [7, 11) is 0. The number of halogens is 2. The van der Waals surface area contributed by atoms with Crippen LogP contribution in [-0.2, 0) is 3.84 Å². The minimum atomic E-state index is 0. The summed E-state index contributed by atoms with van der Waals surface area (Å²) in [6, 6.07) is 0. The molecule has 0 aromatic rings. The quantitative estimate of drug-likeness (QED) is 0.405. The Morgan fingerprint density at radius 1 is 1.20 bits per heavy atom. The molecule has 0 fully saturated rings. The molecular formula is H5AlCl2O2. The van der Waals surface area contributed by atoms with Crippen molar-refractivity contribution in [1.82, 2.24) is 0 Å². The molecule has 0 radical (unpaired) electrons. The highest BCUT2D eigenvalue weighted by atomic mass is 35.6. The van der Waals surface area contributed by atoms with Crippen molar-refractivity contribution in [2.24, 2.45) is 0 Å². The zero-order valence-corrected chi connectivity index (χ0v) is 3.18. The number of rotatable bonds is 0. The summed E-state index contributed by atoms with van der Waals surface area (Å²) in [5.74, 6) is 0. The second-order valence-corrected chi connectivity index (χ2v) is 0.525. The third-order valence-electron chi connectivity index (χ3n) is 0. The van der Waals surface area contributed by atoms with E-state index in [-0.39, 0.29) is 22.8 Å². The van der Waals surface area contributed by atoms with Gasteiger partial charge in [-0.15, -0.1) is 0 Å². The van der Waals surface area contributed by atoms with Gasteiger partial charge in [-0.25, -0.2) is 0 Å². The smallest absolute Gasteiger partial charge is 0.187 e. The van der Waals surface area contributed by atoms with Crippen LogP contribution in [0, 0.1) is 0 Å². The van der Waals surface area contributed by atoms with Crippen LogP contribution in [0.5, 0.6) is 0 Å². The van der Waals surface area contributed by atoms with Crippen LogP contribution in [0.15, 0.2) is 0 Å². The van der Waals surface area contributed by atoms with E-state index < -0.39 is 0 Å². The lowest BCUT2D eigenvalue weighted by Gasteiger charge is -1.46. The van der Waals surface area contributed by atoms with Gasteiger partial charge in [0.25, 0.3) is 0 Å². The maximum Gasteiger partial charge on any atom is 0.187 e. The summed E-state index contributed by atoms with van der Waals surface area (Å²) in [4.78, 5) is 0. The second kappa shape index (κ2) is 19.8. The Morgan fingerprint density at radius 3 is 1.20 bits per heavy atom. The van der Waals surface area contributed by atoms with Gasteiger partial charge in [-0.1, -0.05) is 0 Å². The molecule has 0 saturated heterocycles. The van der Waals surface area contributed by atoms with Crippen molar-refractivity contribution in [3.05, 3.63) is 0 Å². The summed E-state index contributed by atoms with van der Waals surface area (Å²) in [6.07, 6.45) is 0.